The Labute approximate surface area is 236 Å². The molecule has 6 rings (SSSR count). The number of aromatic amines is 1. The molecule has 210 valence electrons. The number of halogens is 1. The minimum Gasteiger partial charge on any atom is -0.496 e. The molecule has 10 nitrogen and oxygen atoms in total. The number of likely N-dealkylation sites (tertiary alicyclic amines) is 1. The summed E-state index contributed by atoms with van der Waals surface area (Å²) in [7, 11) is 5.02. The van der Waals surface area contributed by atoms with Gasteiger partial charge in [-0.3, -0.25) is 19.8 Å². The maximum Gasteiger partial charge on any atom is 0.239 e. The first-order chi connectivity index (χ1) is 19.9. The molecule has 1 N–H and O–H groups in total. The predicted molar refractivity (Wildman–Crippen MR) is 152 cm³/mol. The first-order valence-electron chi connectivity index (χ1n) is 13.5. The number of H-pyrrole nitrogens is 1. The van der Waals surface area contributed by atoms with Crippen molar-refractivity contribution in [1.82, 2.24) is 40.0 Å². The lowest BCUT2D eigenvalue weighted by Gasteiger charge is -2.39. The summed E-state index contributed by atoms with van der Waals surface area (Å²) in [4.78, 5) is 20.8. The molecule has 2 atom stereocenters. The molecule has 41 heavy (non-hydrogen) atoms. The summed E-state index contributed by atoms with van der Waals surface area (Å²) >= 11 is 0. The van der Waals surface area contributed by atoms with Crippen molar-refractivity contribution in [1.29, 1.82) is 0 Å². The first kappa shape index (κ1) is 26.6. The van der Waals surface area contributed by atoms with Crippen LogP contribution in [0, 0.1) is 5.82 Å². The summed E-state index contributed by atoms with van der Waals surface area (Å²) in [6.07, 6.45) is 6.82. The lowest BCUT2D eigenvalue weighted by atomic mass is 9.89. The number of nitrogens with one attached hydrogen (secondary N) is 1. The molecule has 1 aliphatic heterocycles. The number of nitrogens with zero attached hydrogens (tertiary/aromatic N) is 7. The largest absolute Gasteiger partial charge is 0.496 e. The first-order valence-corrected chi connectivity index (χ1v) is 13.5. The third kappa shape index (κ3) is 5.16. The van der Waals surface area contributed by atoms with E-state index in [0.29, 0.717) is 24.3 Å². The summed E-state index contributed by atoms with van der Waals surface area (Å²) in [5.74, 6) is 0.141. The van der Waals surface area contributed by atoms with Crippen LogP contribution in [0.25, 0.3) is 27.8 Å². The van der Waals surface area contributed by atoms with Gasteiger partial charge in [0, 0.05) is 62.0 Å². The molecule has 0 radical (unpaired) electrons. The Morgan fingerprint density at radius 1 is 1.15 bits per heavy atom. The maximum absolute atomic E-state index is 14.9. The van der Waals surface area contributed by atoms with Crippen LogP contribution in [-0.2, 0) is 11.3 Å². The molecule has 0 bridgehead atoms. The van der Waals surface area contributed by atoms with Gasteiger partial charge in [-0.2, -0.15) is 5.10 Å². The Morgan fingerprint density at radius 2 is 1.98 bits per heavy atom. The normalized spacial score (nSPS) is 17.6. The summed E-state index contributed by atoms with van der Waals surface area (Å²) in [5.41, 5.74) is 4.86. The molecule has 1 fully saturated rings. The van der Waals surface area contributed by atoms with Crippen LogP contribution in [0.3, 0.4) is 0 Å². The van der Waals surface area contributed by atoms with Gasteiger partial charge in [0.2, 0.25) is 5.91 Å². The lowest BCUT2D eigenvalue weighted by Crippen LogP contribution is -2.50. The Kier molecular flexibility index (Phi) is 7.19. The average molecular weight is 555 g/mol. The van der Waals surface area contributed by atoms with Gasteiger partial charge in [-0.1, -0.05) is 11.3 Å². The number of hydrogen-bond donors (Lipinski definition) is 1. The van der Waals surface area contributed by atoms with Crippen LogP contribution >= 0.6 is 0 Å². The van der Waals surface area contributed by atoms with E-state index < -0.39 is 0 Å². The third-order valence-electron chi connectivity index (χ3n) is 7.76. The Balaban J connectivity index is 1.28. The fraction of sp³-hybridized carbons (Fsp3) is 0.300. The van der Waals surface area contributed by atoms with Gasteiger partial charge in [0.25, 0.3) is 0 Å². The number of carbonyl (C=O) groups excluding carboxylic acids is 1. The molecule has 5 aromatic rings. The fourth-order valence-electron chi connectivity index (χ4n) is 5.59. The van der Waals surface area contributed by atoms with E-state index in [-0.39, 0.29) is 30.2 Å². The van der Waals surface area contributed by atoms with Gasteiger partial charge < -0.3 is 9.64 Å². The van der Waals surface area contributed by atoms with E-state index in [1.165, 1.54) is 13.2 Å². The molecular weight excluding hydrogens is 523 g/mol. The number of ether oxygens (including phenoxy) is 1. The van der Waals surface area contributed by atoms with E-state index in [1.54, 1.807) is 48.2 Å². The second-order valence-corrected chi connectivity index (χ2v) is 10.5. The van der Waals surface area contributed by atoms with Gasteiger partial charge in [-0.05, 0) is 55.3 Å². The number of fused-ring (bicyclic) bond motifs is 1. The summed E-state index contributed by atoms with van der Waals surface area (Å²) in [5, 5.41) is 17.5. The maximum atomic E-state index is 14.9. The van der Waals surface area contributed by atoms with Crippen molar-refractivity contribution in [3.63, 3.8) is 0 Å². The number of aromatic nitrogens is 6. The number of carbonyl (C=O) groups is 1. The monoisotopic (exact) mass is 554 g/mol. The number of piperidine rings is 1. The SMILES string of the molecule is COc1cccc(F)c1CN1C[C@H](c2cn(-c3ccc4[nH]nc(-c5ccncc5)c4c3)nn2)CC[C@H]1C(=O)N(C)C. The number of hydrogen-bond acceptors (Lipinski definition) is 7. The quantitative estimate of drug-likeness (QED) is 0.322. The molecule has 2 aromatic carbocycles. The van der Waals surface area contributed by atoms with Gasteiger partial charge in [0.05, 0.1) is 36.2 Å². The van der Waals surface area contributed by atoms with Crippen LogP contribution < -0.4 is 4.74 Å². The van der Waals surface area contributed by atoms with Crippen LogP contribution in [0.4, 0.5) is 4.39 Å². The van der Waals surface area contributed by atoms with E-state index in [1.807, 2.05) is 41.4 Å². The van der Waals surface area contributed by atoms with Gasteiger partial charge >= 0.3 is 0 Å². The number of rotatable bonds is 7. The van der Waals surface area contributed by atoms with Crippen molar-refractivity contribution < 1.29 is 13.9 Å². The zero-order chi connectivity index (χ0) is 28.5. The van der Waals surface area contributed by atoms with Crippen molar-refractivity contribution in [2.24, 2.45) is 0 Å². The smallest absolute Gasteiger partial charge is 0.239 e. The number of likely N-dealkylation sites (N-methyl/N-ethyl adjacent to an activating group) is 1. The molecule has 0 spiro atoms. The van der Waals surface area contributed by atoms with E-state index in [9.17, 15) is 9.18 Å². The average Bonchev–Trinajstić information content (AvgIpc) is 3.66. The highest BCUT2D eigenvalue weighted by molar-refractivity contribution is 5.94. The molecule has 0 saturated carbocycles. The van der Waals surface area contributed by atoms with Gasteiger partial charge in [0.1, 0.15) is 17.3 Å². The Hall–Kier alpha value is -4.64. The van der Waals surface area contributed by atoms with Crippen LogP contribution in [0.15, 0.2) is 67.1 Å². The third-order valence-corrected chi connectivity index (χ3v) is 7.76. The second kappa shape index (κ2) is 11.1. The number of amides is 1. The lowest BCUT2D eigenvalue weighted by molar-refractivity contribution is -0.136. The highest BCUT2D eigenvalue weighted by Crippen LogP contribution is 2.34. The summed E-state index contributed by atoms with van der Waals surface area (Å²) in [6, 6.07) is 14.3. The van der Waals surface area contributed by atoms with Crippen molar-refractivity contribution in [2.75, 3.05) is 27.7 Å². The minimum atomic E-state index is -0.365. The molecule has 4 heterocycles. The number of methoxy groups -OCH3 is 1. The molecule has 1 aliphatic rings. The Bertz CT molecular complexity index is 1680. The highest BCUT2D eigenvalue weighted by Gasteiger charge is 2.36. The minimum absolute atomic E-state index is 0.000765. The molecular formula is C30H31FN8O2. The van der Waals surface area contributed by atoms with Crippen LogP contribution in [0.5, 0.6) is 5.75 Å². The zero-order valence-corrected chi connectivity index (χ0v) is 23.2. The summed E-state index contributed by atoms with van der Waals surface area (Å²) < 4.78 is 22.1. The second-order valence-electron chi connectivity index (χ2n) is 10.5. The standard InChI is InChI=1S/C30H31FN8O2/c1-37(2)30(40)27-10-7-20(16-38(27)17-23-24(31)5-4-6-28(23)41-3)26-18-39(36-34-26)21-8-9-25-22(15-21)29(35-33-25)19-11-13-32-14-12-19/h4-6,8-9,11-15,18,20,27H,7,10,16-17H2,1-3H3,(H,33,35)/t20-,27+/m1/s1. The predicted octanol–water partition coefficient (Wildman–Crippen LogP) is 4.19. The van der Waals surface area contributed by atoms with Crippen molar-refractivity contribution >= 4 is 16.8 Å². The topological polar surface area (TPSA) is 105 Å². The van der Waals surface area contributed by atoms with Gasteiger partial charge in [-0.15, -0.1) is 5.10 Å². The van der Waals surface area contributed by atoms with E-state index >= 15 is 0 Å². The van der Waals surface area contributed by atoms with Crippen LogP contribution in [0.1, 0.15) is 30.0 Å². The van der Waals surface area contributed by atoms with Gasteiger partial charge in [-0.25, -0.2) is 9.07 Å². The van der Waals surface area contributed by atoms with Crippen molar-refractivity contribution in [3.8, 4) is 22.7 Å². The molecule has 0 aliphatic carbocycles. The highest BCUT2D eigenvalue weighted by atomic mass is 19.1. The van der Waals surface area contributed by atoms with E-state index in [2.05, 4.69) is 25.5 Å². The zero-order valence-electron chi connectivity index (χ0n) is 23.2. The molecule has 11 heteroatoms. The van der Waals surface area contributed by atoms with E-state index in [0.717, 1.165) is 40.0 Å². The number of pyridine rings is 1. The van der Waals surface area contributed by atoms with Crippen LogP contribution in [0.2, 0.25) is 0 Å². The van der Waals surface area contributed by atoms with Gasteiger partial charge in [0.15, 0.2) is 0 Å². The van der Waals surface area contributed by atoms with Crippen LogP contribution in [-0.4, -0.2) is 79.7 Å². The van der Waals surface area contributed by atoms with Crippen molar-refractivity contribution in [3.05, 3.63) is 84.2 Å². The Morgan fingerprint density at radius 3 is 2.76 bits per heavy atom. The fourth-order valence-corrected chi connectivity index (χ4v) is 5.59. The van der Waals surface area contributed by atoms with E-state index in [4.69, 9.17) is 4.74 Å². The molecule has 3 aromatic heterocycles. The molecule has 1 saturated heterocycles. The number of benzene rings is 2. The molecule has 0 unspecified atom stereocenters. The van der Waals surface area contributed by atoms with Crippen molar-refractivity contribution in [2.45, 2.75) is 31.3 Å². The summed E-state index contributed by atoms with van der Waals surface area (Å²) in [6.45, 7) is 0.785. The molecule has 1 amide bonds.